The number of para-hydroxylation sites is 2. The average Bonchev–Trinajstić information content (AvgIpc) is 3.07. The van der Waals surface area contributed by atoms with E-state index in [4.69, 9.17) is 4.74 Å². The van der Waals surface area contributed by atoms with Gasteiger partial charge in [-0.3, -0.25) is 4.79 Å². The van der Waals surface area contributed by atoms with Crippen molar-refractivity contribution < 1.29 is 14.3 Å². The van der Waals surface area contributed by atoms with Gasteiger partial charge in [-0.05, 0) is 42.3 Å². The van der Waals surface area contributed by atoms with Crippen LogP contribution in [0.4, 0.5) is 16.2 Å². The average molecular weight is 398 g/mol. The fourth-order valence-electron chi connectivity index (χ4n) is 3.37. The lowest BCUT2D eigenvalue weighted by atomic mass is 10.1. The number of nitrogens with zero attached hydrogens (tertiary/aromatic N) is 2. The molecule has 5 heteroatoms. The molecular formula is C25H22N2O3. The van der Waals surface area contributed by atoms with Crippen LogP contribution in [0.2, 0.25) is 0 Å². The second kappa shape index (κ2) is 9.09. The summed E-state index contributed by atoms with van der Waals surface area (Å²) >= 11 is 0. The van der Waals surface area contributed by atoms with E-state index in [1.807, 2.05) is 91.0 Å². The molecule has 150 valence electrons. The first-order valence-corrected chi connectivity index (χ1v) is 9.88. The normalized spacial score (nSPS) is 14.8. The molecule has 0 saturated carbocycles. The van der Waals surface area contributed by atoms with Crippen molar-refractivity contribution in [3.05, 3.63) is 108 Å². The Bertz CT molecular complexity index is 994. The zero-order chi connectivity index (χ0) is 20.8. The Morgan fingerprint density at radius 3 is 1.87 bits per heavy atom. The number of imide groups is 1. The third-order valence-corrected chi connectivity index (χ3v) is 4.94. The lowest BCUT2D eigenvalue weighted by Crippen LogP contribution is -2.31. The predicted molar refractivity (Wildman–Crippen MR) is 116 cm³/mol. The van der Waals surface area contributed by atoms with Crippen molar-refractivity contribution in [2.75, 3.05) is 18.0 Å². The van der Waals surface area contributed by atoms with Gasteiger partial charge in [0.05, 0.1) is 0 Å². The van der Waals surface area contributed by atoms with Gasteiger partial charge in [0.15, 0.2) is 5.76 Å². The molecule has 0 N–H and O–H groups in total. The Morgan fingerprint density at radius 1 is 0.767 bits per heavy atom. The fraction of sp³-hybridized carbons (Fsp3) is 0.120. The van der Waals surface area contributed by atoms with Gasteiger partial charge in [0, 0.05) is 24.5 Å². The summed E-state index contributed by atoms with van der Waals surface area (Å²) in [7, 11) is 0. The van der Waals surface area contributed by atoms with Gasteiger partial charge in [0.25, 0.3) is 5.91 Å². The van der Waals surface area contributed by atoms with Crippen LogP contribution in [-0.4, -0.2) is 30.0 Å². The van der Waals surface area contributed by atoms with Crippen molar-refractivity contribution in [2.45, 2.75) is 6.42 Å². The Balaban J connectivity index is 1.49. The van der Waals surface area contributed by atoms with Crippen molar-refractivity contribution >= 4 is 23.4 Å². The van der Waals surface area contributed by atoms with Crippen molar-refractivity contribution in [3.8, 4) is 0 Å². The number of carbonyl (C=O) groups excluding carboxylic acids is 2. The first kappa shape index (κ1) is 19.5. The highest BCUT2D eigenvalue weighted by Gasteiger charge is 2.36. The highest BCUT2D eigenvalue weighted by atomic mass is 16.6. The topological polar surface area (TPSA) is 49.9 Å². The molecule has 0 bridgehead atoms. The summed E-state index contributed by atoms with van der Waals surface area (Å²) in [5, 5.41) is 0. The van der Waals surface area contributed by atoms with E-state index < -0.39 is 12.0 Å². The molecule has 2 amide bonds. The van der Waals surface area contributed by atoms with Crippen LogP contribution in [0.5, 0.6) is 0 Å². The Morgan fingerprint density at radius 2 is 1.30 bits per heavy atom. The first-order valence-electron chi connectivity index (χ1n) is 9.88. The number of ether oxygens (including phenoxy) is 1. The Hall–Kier alpha value is -3.86. The van der Waals surface area contributed by atoms with Crippen LogP contribution < -0.4 is 4.90 Å². The minimum Gasteiger partial charge on any atom is -0.404 e. The lowest BCUT2D eigenvalue weighted by Gasteiger charge is -2.23. The van der Waals surface area contributed by atoms with Crippen molar-refractivity contribution in [3.63, 3.8) is 0 Å². The van der Waals surface area contributed by atoms with Crippen LogP contribution in [0.15, 0.2) is 103 Å². The number of amides is 2. The SMILES string of the molecule is O=C1O/C(=C/CN(c2ccccc2)c2ccccc2)C(=O)N1CCc1ccccc1. The molecule has 0 radical (unpaired) electrons. The molecule has 0 aromatic heterocycles. The van der Waals surface area contributed by atoms with E-state index in [1.165, 1.54) is 0 Å². The van der Waals surface area contributed by atoms with E-state index in [9.17, 15) is 9.59 Å². The molecule has 0 spiro atoms. The number of benzene rings is 3. The molecule has 1 fully saturated rings. The second-order valence-electron chi connectivity index (χ2n) is 6.91. The first-order chi connectivity index (χ1) is 14.7. The molecule has 0 atom stereocenters. The van der Waals surface area contributed by atoms with Crippen LogP contribution in [-0.2, 0) is 16.0 Å². The maximum Gasteiger partial charge on any atom is 0.422 e. The maximum absolute atomic E-state index is 12.7. The van der Waals surface area contributed by atoms with E-state index in [2.05, 4.69) is 4.90 Å². The van der Waals surface area contributed by atoms with Crippen LogP contribution in [0, 0.1) is 0 Å². The molecule has 1 aliphatic heterocycles. The number of anilines is 2. The highest BCUT2D eigenvalue weighted by molar-refractivity contribution is 6.07. The van der Waals surface area contributed by atoms with Crippen LogP contribution in [0.3, 0.4) is 0 Å². The molecule has 5 nitrogen and oxygen atoms in total. The second-order valence-corrected chi connectivity index (χ2v) is 6.91. The molecule has 3 aromatic carbocycles. The molecule has 1 aliphatic rings. The predicted octanol–water partition coefficient (Wildman–Crippen LogP) is 4.93. The van der Waals surface area contributed by atoms with Crippen LogP contribution >= 0.6 is 0 Å². The van der Waals surface area contributed by atoms with Gasteiger partial charge in [-0.2, -0.15) is 0 Å². The van der Waals surface area contributed by atoms with E-state index in [0.29, 0.717) is 19.5 Å². The van der Waals surface area contributed by atoms with Gasteiger partial charge in [-0.15, -0.1) is 0 Å². The summed E-state index contributed by atoms with van der Waals surface area (Å²) in [4.78, 5) is 28.2. The van der Waals surface area contributed by atoms with E-state index in [0.717, 1.165) is 21.8 Å². The van der Waals surface area contributed by atoms with Crippen molar-refractivity contribution in [1.29, 1.82) is 0 Å². The summed E-state index contributed by atoms with van der Waals surface area (Å²) < 4.78 is 5.27. The smallest absolute Gasteiger partial charge is 0.404 e. The van der Waals surface area contributed by atoms with Crippen LogP contribution in [0.25, 0.3) is 0 Å². The monoisotopic (exact) mass is 398 g/mol. The maximum atomic E-state index is 12.7. The van der Waals surface area contributed by atoms with Crippen molar-refractivity contribution in [1.82, 2.24) is 4.90 Å². The van der Waals surface area contributed by atoms with Crippen LogP contribution in [0.1, 0.15) is 5.56 Å². The van der Waals surface area contributed by atoms with Crippen molar-refractivity contribution in [2.24, 2.45) is 0 Å². The van der Waals surface area contributed by atoms with Gasteiger partial charge in [-0.1, -0.05) is 66.7 Å². The number of rotatable bonds is 7. The van der Waals surface area contributed by atoms with Gasteiger partial charge in [-0.25, -0.2) is 9.69 Å². The summed E-state index contributed by atoms with van der Waals surface area (Å²) in [6.45, 7) is 0.689. The zero-order valence-corrected chi connectivity index (χ0v) is 16.5. The molecule has 30 heavy (non-hydrogen) atoms. The number of cyclic esters (lactones) is 1. The third kappa shape index (κ3) is 4.41. The highest BCUT2D eigenvalue weighted by Crippen LogP contribution is 2.26. The Labute approximate surface area is 175 Å². The molecule has 0 aliphatic carbocycles. The number of hydrogen-bond donors (Lipinski definition) is 0. The molecule has 1 heterocycles. The minimum absolute atomic E-state index is 0.0740. The number of carbonyl (C=O) groups is 2. The van der Waals surface area contributed by atoms with Gasteiger partial charge in [0.2, 0.25) is 0 Å². The van der Waals surface area contributed by atoms with Gasteiger partial charge >= 0.3 is 6.09 Å². The van der Waals surface area contributed by atoms with E-state index >= 15 is 0 Å². The molecule has 1 saturated heterocycles. The summed E-state index contributed by atoms with van der Waals surface area (Å²) in [6.07, 6.45) is 1.64. The largest absolute Gasteiger partial charge is 0.422 e. The van der Waals surface area contributed by atoms with E-state index in [-0.39, 0.29) is 5.76 Å². The van der Waals surface area contributed by atoms with Gasteiger partial charge < -0.3 is 9.64 Å². The standard InChI is InChI=1S/C25H22N2O3/c28-24-23(30-25(29)27(24)18-16-20-10-4-1-5-11-20)17-19-26(21-12-6-2-7-13-21)22-14-8-3-9-15-22/h1-15,17H,16,18-19H2/b23-17+. The molecule has 0 unspecified atom stereocenters. The molecule has 3 aromatic rings. The minimum atomic E-state index is -0.617. The molecule has 4 rings (SSSR count). The van der Waals surface area contributed by atoms with E-state index in [1.54, 1.807) is 6.08 Å². The molecular weight excluding hydrogens is 376 g/mol. The zero-order valence-electron chi connectivity index (χ0n) is 16.5. The summed E-state index contributed by atoms with van der Waals surface area (Å²) in [5.74, 6) is -0.318. The number of hydrogen-bond acceptors (Lipinski definition) is 4. The quantitative estimate of drug-likeness (QED) is 0.530. The fourth-order valence-corrected chi connectivity index (χ4v) is 3.37. The Kier molecular flexibility index (Phi) is 5.90. The third-order valence-electron chi connectivity index (χ3n) is 4.94. The summed E-state index contributed by atoms with van der Waals surface area (Å²) in [5.41, 5.74) is 3.03. The summed E-state index contributed by atoms with van der Waals surface area (Å²) in [6, 6.07) is 29.5. The van der Waals surface area contributed by atoms with Gasteiger partial charge in [0.1, 0.15) is 0 Å². The lowest BCUT2D eigenvalue weighted by molar-refractivity contribution is -0.123.